The zero-order valence-corrected chi connectivity index (χ0v) is 13.5. The topological polar surface area (TPSA) is 32.5 Å². The fourth-order valence-corrected chi connectivity index (χ4v) is 3.74. The minimum atomic E-state index is 0.274. The van der Waals surface area contributed by atoms with Crippen LogP contribution in [0.25, 0.3) is 0 Å². The van der Waals surface area contributed by atoms with Crippen LogP contribution in [0.5, 0.6) is 0 Å². The highest BCUT2D eigenvalue weighted by Crippen LogP contribution is 2.43. The zero-order valence-electron chi connectivity index (χ0n) is 13.5. The number of benzene rings is 1. The van der Waals surface area contributed by atoms with Gasteiger partial charge in [0.2, 0.25) is 0 Å². The monoisotopic (exact) mass is 287 g/mol. The first-order valence-corrected chi connectivity index (χ1v) is 8.44. The van der Waals surface area contributed by atoms with Crippen molar-refractivity contribution in [1.29, 1.82) is 0 Å². The van der Waals surface area contributed by atoms with Gasteiger partial charge < -0.3 is 10.6 Å². The van der Waals surface area contributed by atoms with Crippen molar-refractivity contribution in [2.24, 2.45) is 5.73 Å². The molecular weight excluding hydrogens is 258 g/mol. The fourth-order valence-electron chi connectivity index (χ4n) is 3.74. The SMILES string of the molecule is CC(C)N1CCN(c2cccc(C3(CN)CCC3)c2)CC1. The molecule has 3 nitrogen and oxygen atoms in total. The zero-order chi connectivity index (χ0) is 14.9. The first-order chi connectivity index (χ1) is 10.1. The first-order valence-electron chi connectivity index (χ1n) is 8.44. The van der Waals surface area contributed by atoms with Crippen LogP contribution in [0.2, 0.25) is 0 Å². The third kappa shape index (κ3) is 2.82. The number of piperazine rings is 1. The van der Waals surface area contributed by atoms with Crippen molar-refractivity contribution in [3.05, 3.63) is 29.8 Å². The van der Waals surface area contributed by atoms with Gasteiger partial charge in [0.15, 0.2) is 0 Å². The molecule has 1 aromatic carbocycles. The molecule has 0 atom stereocenters. The Morgan fingerprint density at radius 3 is 2.38 bits per heavy atom. The number of hydrogen-bond acceptors (Lipinski definition) is 3. The summed E-state index contributed by atoms with van der Waals surface area (Å²) >= 11 is 0. The van der Waals surface area contributed by atoms with Gasteiger partial charge in [0.05, 0.1) is 0 Å². The third-order valence-electron chi connectivity index (χ3n) is 5.57. The summed E-state index contributed by atoms with van der Waals surface area (Å²) < 4.78 is 0. The molecule has 2 aliphatic rings. The van der Waals surface area contributed by atoms with Crippen molar-refractivity contribution in [1.82, 2.24) is 4.90 Å². The van der Waals surface area contributed by atoms with Crippen LogP contribution in [0.1, 0.15) is 38.7 Å². The lowest BCUT2D eigenvalue weighted by Crippen LogP contribution is -2.49. The number of hydrogen-bond donors (Lipinski definition) is 1. The summed E-state index contributed by atoms with van der Waals surface area (Å²) in [6, 6.07) is 9.82. The smallest absolute Gasteiger partial charge is 0.0370 e. The van der Waals surface area contributed by atoms with Crippen LogP contribution in [0.3, 0.4) is 0 Å². The average Bonchev–Trinajstić information content (AvgIpc) is 2.47. The number of nitrogens with two attached hydrogens (primary N) is 1. The van der Waals surface area contributed by atoms with Gasteiger partial charge in [0.1, 0.15) is 0 Å². The summed E-state index contributed by atoms with van der Waals surface area (Å²) in [6.07, 6.45) is 3.84. The van der Waals surface area contributed by atoms with E-state index in [0.29, 0.717) is 6.04 Å². The van der Waals surface area contributed by atoms with Crippen LogP contribution >= 0.6 is 0 Å². The Morgan fingerprint density at radius 2 is 1.86 bits per heavy atom. The lowest BCUT2D eigenvalue weighted by molar-refractivity contribution is 0.209. The molecule has 0 aromatic heterocycles. The van der Waals surface area contributed by atoms with Crippen LogP contribution < -0.4 is 10.6 Å². The molecule has 0 unspecified atom stereocenters. The van der Waals surface area contributed by atoms with Gasteiger partial charge in [-0.15, -0.1) is 0 Å². The van der Waals surface area contributed by atoms with Crippen LogP contribution in [-0.4, -0.2) is 43.7 Å². The predicted octanol–water partition coefficient (Wildman–Crippen LogP) is 2.60. The van der Waals surface area contributed by atoms with E-state index in [4.69, 9.17) is 5.73 Å². The minimum Gasteiger partial charge on any atom is -0.369 e. The van der Waals surface area contributed by atoms with E-state index in [-0.39, 0.29) is 5.41 Å². The minimum absolute atomic E-state index is 0.274. The van der Waals surface area contributed by atoms with E-state index >= 15 is 0 Å². The van der Waals surface area contributed by atoms with Crippen molar-refractivity contribution < 1.29 is 0 Å². The van der Waals surface area contributed by atoms with Gasteiger partial charge in [0.25, 0.3) is 0 Å². The van der Waals surface area contributed by atoms with E-state index in [1.165, 1.54) is 43.6 Å². The standard InChI is InChI=1S/C18H29N3/c1-15(2)20-9-11-21(12-10-20)17-6-3-5-16(13-17)18(14-19)7-4-8-18/h3,5-6,13,15H,4,7-12,14,19H2,1-2H3. The number of anilines is 1. The average molecular weight is 287 g/mol. The number of rotatable bonds is 4. The van der Waals surface area contributed by atoms with Gasteiger partial charge in [-0.25, -0.2) is 0 Å². The summed E-state index contributed by atoms with van der Waals surface area (Å²) in [5, 5.41) is 0. The van der Waals surface area contributed by atoms with Gasteiger partial charge in [-0.1, -0.05) is 18.6 Å². The van der Waals surface area contributed by atoms with Gasteiger partial charge in [-0.2, -0.15) is 0 Å². The van der Waals surface area contributed by atoms with Crippen LogP contribution in [-0.2, 0) is 5.41 Å². The maximum atomic E-state index is 6.06. The molecule has 0 bridgehead atoms. The van der Waals surface area contributed by atoms with Crippen molar-refractivity contribution in [2.75, 3.05) is 37.6 Å². The molecular formula is C18H29N3. The van der Waals surface area contributed by atoms with Gasteiger partial charge in [0, 0.05) is 49.9 Å². The van der Waals surface area contributed by atoms with Crippen LogP contribution in [0, 0.1) is 0 Å². The molecule has 2 N–H and O–H groups in total. The molecule has 1 aliphatic carbocycles. The summed E-state index contributed by atoms with van der Waals surface area (Å²) in [5.41, 5.74) is 9.18. The quantitative estimate of drug-likeness (QED) is 0.924. The molecule has 0 radical (unpaired) electrons. The van der Waals surface area contributed by atoms with Crippen molar-refractivity contribution in [3.8, 4) is 0 Å². The molecule has 21 heavy (non-hydrogen) atoms. The van der Waals surface area contributed by atoms with E-state index in [1.54, 1.807) is 0 Å². The predicted molar refractivity (Wildman–Crippen MR) is 89.9 cm³/mol. The summed E-state index contributed by atoms with van der Waals surface area (Å²) in [6.45, 7) is 9.98. The second-order valence-corrected chi connectivity index (χ2v) is 7.01. The normalized spacial score (nSPS) is 22.4. The Bertz CT molecular complexity index is 466. The van der Waals surface area contributed by atoms with Crippen LogP contribution in [0.15, 0.2) is 24.3 Å². The molecule has 1 aromatic rings. The van der Waals surface area contributed by atoms with Crippen LogP contribution in [0.4, 0.5) is 5.69 Å². The Morgan fingerprint density at radius 1 is 1.14 bits per heavy atom. The highest BCUT2D eigenvalue weighted by Gasteiger charge is 2.37. The van der Waals surface area contributed by atoms with E-state index < -0.39 is 0 Å². The summed E-state index contributed by atoms with van der Waals surface area (Å²) in [7, 11) is 0. The van der Waals surface area contributed by atoms with Crippen molar-refractivity contribution in [2.45, 2.75) is 44.6 Å². The molecule has 1 saturated carbocycles. The van der Waals surface area contributed by atoms with E-state index in [2.05, 4.69) is 47.9 Å². The molecule has 1 aliphatic heterocycles. The maximum absolute atomic E-state index is 6.06. The summed E-state index contributed by atoms with van der Waals surface area (Å²) in [4.78, 5) is 5.10. The third-order valence-corrected chi connectivity index (χ3v) is 5.57. The first kappa shape index (κ1) is 14.9. The second-order valence-electron chi connectivity index (χ2n) is 7.01. The molecule has 0 amide bonds. The molecule has 1 heterocycles. The van der Waals surface area contributed by atoms with Gasteiger partial charge in [-0.05, 0) is 44.4 Å². The molecule has 1 saturated heterocycles. The largest absolute Gasteiger partial charge is 0.369 e. The Hall–Kier alpha value is -1.06. The highest BCUT2D eigenvalue weighted by molar-refractivity contribution is 5.51. The van der Waals surface area contributed by atoms with E-state index in [9.17, 15) is 0 Å². The Balaban J connectivity index is 1.72. The molecule has 2 fully saturated rings. The Kier molecular flexibility index (Phi) is 4.23. The lowest BCUT2D eigenvalue weighted by atomic mass is 9.64. The number of nitrogens with zero attached hydrogens (tertiary/aromatic N) is 2. The molecule has 0 spiro atoms. The van der Waals surface area contributed by atoms with Gasteiger partial charge >= 0.3 is 0 Å². The fraction of sp³-hybridized carbons (Fsp3) is 0.667. The maximum Gasteiger partial charge on any atom is 0.0370 e. The summed E-state index contributed by atoms with van der Waals surface area (Å²) in [5.74, 6) is 0. The van der Waals surface area contributed by atoms with Crippen molar-refractivity contribution in [3.63, 3.8) is 0 Å². The highest BCUT2D eigenvalue weighted by atomic mass is 15.3. The van der Waals surface area contributed by atoms with Gasteiger partial charge in [-0.3, -0.25) is 4.90 Å². The van der Waals surface area contributed by atoms with E-state index in [0.717, 1.165) is 19.6 Å². The lowest BCUT2D eigenvalue weighted by Gasteiger charge is -2.43. The molecule has 3 rings (SSSR count). The molecule has 116 valence electrons. The van der Waals surface area contributed by atoms with Crippen molar-refractivity contribution >= 4 is 5.69 Å². The molecule has 3 heteroatoms. The second kappa shape index (κ2) is 5.98. The van der Waals surface area contributed by atoms with E-state index in [1.807, 2.05) is 0 Å². The Labute approximate surface area is 129 Å².